The van der Waals surface area contributed by atoms with Crippen LogP contribution in [0.25, 0.3) is 0 Å². The van der Waals surface area contributed by atoms with Crippen LogP contribution >= 0.6 is 15.9 Å². The van der Waals surface area contributed by atoms with E-state index in [1.807, 2.05) is 19.1 Å². The molecule has 0 radical (unpaired) electrons. The van der Waals surface area contributed by atoms with Crippen molar-refractivity contribution in [3.05, 3.63) is 57.8 Å². The molecular formula is C16H17BrN2O2. The number of rotatable bonds is 5. The van der Waals surface area contributed by atoms with E-state index in [2.05, 4.69) is 32.3 Å². The van der Waals surface area contributed by atoms with E-state index in [4.69, 9.17) is 4.74 Å². The molecule has 0 aliphatic rings. The number of ether oxygens (including phenoxy) is 1. The molecule has 1 N–H and O–H groups in total. The van der Waals surface area contributed by atoms with E-state index in [-0.39, 0.29) is 5.91 Å². The second-order valence-electron chi connectivity index (χ2n) is 4.71. The normalized spacial score (nSPS) is 10.2. The van der Waals surface area contributed by atoms with Crippen molar-refractivity contribution in [3.63, 3.8) is 0 Å². The van der Waals surface area contributed by atoms with Crippen LogP contribution in [0.5, 0.6) is 5.75 Å². The Kier molecular flexibility index (Phi) is 5.33. The summed E-state index contributed by atoms with van der Waals surface area (Å²) in [6, 6.07) is 7.78. The SMILES string of the molecule is COc1ccc(C)cc1CCNC(=O)c1cncc(Br)c1. The molecule has 1 aromatic heterocycles. The first-order valence-electron chi connectivity index (χ1n) is 6.62. The molecule has 1 heterocycles. The largest absolute Gasteiger partial charge is 0.496 e. The standard InChI is InChI=1S/C16H17BrN2O2/c1-11-3-4-15(21-2)12(7-11)5-6-19-16(20)13-8-14(17)10-18-9-13/h3-4,7-10H,5-6H2,1-2H3,(H,19,20). The fourth-order valence-corrected chi connectivity index (χ4v) is 2.42. The zero-order valence-corrected chi connectivity index (χ0v) is 13.6. The molecule has 5 heteroatoms. The maximum absolute atomic E-state index is 12.0. The number of pyridine rings is 1. The number of methoxy groups -OCH3 is 1. The number of carbonyl (C=O) groups excluding carboxylic acids is 1. The van der Waals surface area contributed by atoms with Crippen molar-refractivity contribution in [2.75, 3.05) is 13.7 Å². The first-order chi connectivity index (χ1) is 10.1. The Bertz CT molecular complexity index is 644. The van der Waals surface area contributed by atoms with Crippen molar-refractivity contribution < 1.29 is 9.53 Å². The van der Waals surface area contributed by atoms with E-state index in [0.717, 1.165) is 22.2 Å². The van der Waals surface area contributed by atoms with Gasteiger partial charge in [0.15, 0.2) is 0 Å². The quantitative estimate of drug-likeness (QED) is 0.902. The molecule has 0 spiro atoms. The average Bonchev–Trinajstić information content (AvgIpc) is 2.47. The lowest BCUT2D eigenvalue weighted by Crippen LogP contribution is -2.25. The van der Waals surface area contributed by atoms with E-state index in [1.165, 1.54) is 5.56 Å². The van der Waals surface area contributed by atoms with Crippen LogP contribution < -0.4 is 10.1 Å². The minimum atomic E-state index is -0.129. The molecule has 0 saturated heterocycles. The van der Waals surface area contributed by atoms with Gasteiger partial charge in [0.25, 0.3) is 5.91 Å². The predicted molar refractivity (Wildman–Crippen MR) is 85.7 cm³/mol. The van der Waals surface area contributed by atoms with Crippen molar-refractivity contribution >= 4 is 21.8 Å². The summed E-state index contributed by atoms with van der Waals surface area (Å²) in [5.74, 6) is 0.717. The highest BCUT2D eigenvalue weighted by Gasteiger charge is 2.07. The average molecular weight is 349 g/mol. The number of hydrogen-bond donors (Lipinski definition) is 1. The molecule has 1 aromatic carbocycles. The van der Waals surface area contributed by atoms with Crippen LogP contribution in [0.2, 0.25) is 0 Å². The number of hydrogen-bond acceptors (Lipinski definition) is 3. The van der Waals surface area contributed by atoms with Gasteiger partial charge in [-0.15, -0.1) is 0 Å². The molecular weight excluding hydrogens is 332 g/mol. The third kappa shape index (κ3) is 4.29. The molecule has 0 fully saturated rings. The molecule has 110 valence electrons. The predicted octanol–water partition coefficient (Wildman–Crippen LogP) is 3.13. The van der Waals surface area contributed by atoms with Gasteiger partial charge in [-0.25, -0.2) is 0 Å². The van der Waals surface area contributed by atoms with Crippen LogP contribution in [0.15, 0.2) is 41.1 Å². The lowest BCUT2D eigenvalue weighted by Gasteiger charge is -2.10. The topological polar surface area (TPSA) is 51.2 Å². The number of aryl methyl sites for hydroxylation is 1. The van der Waals surface area contributed by atoms with Gasteiger partial charge < -0.3 is 10.1 Å². The van der Waals surface area contributed by atoms with Gasteiger partial charge in [0.1, 0.15) is 5.75 Å². The Labute approximate surface area is 132 Å². The molecule has 2 rings (SSSR count). The highest BCUT2D eigenvalue weighted by atomic mass is 79.9. The smallest absolute Gasteiger partial charge is 0.252 e. The second kappa shape index (κ2) is 7.22. The number of carbonyl (C=O) groups is 1. The van der Waals surface area contributed by atoms with Gasteiger partial charge in [0.05, 0.1) is 12.7 Å². The molecule has 0 aliphatic carbocycles. The highest BCUT2D eigenvalue weighted by molar-refractivity contribution is 9.10. The number of amides is 1. The number of nitrogens with one attached hydrogen (secondary N) is 1. The molecule has 0 unspecified atom stereocenters. The molecule has 1 amide bonds. The van der Waals surface area contributed by atoms with Crippen molar-refractivity contribution in [3.8, 4) is 5.75 Å². The van der Waals surface area contributed by atoms with Crippen LogP contribution in [0.3, 0.4) is 0 Å². The van der Waals surface area contributed by atoms with Crippen LogP contribution in [0, 0.1) is 6.92 Å². The maximum Gasteiger partial charge on any atom is 0.252 e. The van der Waals surface area contributed by atoms with Crippen molar-refractivity contribution in [2.45, 2.75) is 13.3 Å². The third-order valence-electron chi connectivity index (χ3n) is 3.08. The fourth-order valence-electron chi connectivity index (χ4n) is 2.05. The molecule has 0 aliphatic heterocycles. The Morgan fingerprint density at radius 3 is 2.86 bits per heavy atom. The molecule has 4 nitrogen and oxygen atoms in total. The number of halogens is 1. The van der Waals surface area contributed by atoms with Gasteiger partial charge in [0.2, 0.25) is 0 Å². The lowest BCUT2D eigenvalue weighted by molar-refractivity contribution is 0.0953. The second-order valence-corrected chi connectivity index (χ2v) is 5.63. The van der Waals surface area contributed by atoms with E-state index >= 15 is 0 Å². The van der Waals surface area contributed by atoms with Gasteiger partial charge >= 0.3 is 0 Å². The maximum atomic E-state index is 12.0. The zero-order valence-electron chi connectivity index (χ0n) is 12.0. The summed E-state index contributed by atoms with van der Waals surface area (Å²) in [5.41, 5.74) is 2.80. The van der Waals surface area contributed by atoms with Gasteiger partial charge in [-0.3, -0.25) is 9.78 Å². The molecule has 2 aromatic rings. The van der Waals surface area contributed by atoms with Crippen molar-refractivity contribution in [1.82, 2.24) is 10.3 Å². The summed E-state index contributed by atoms with van der Waals surface area (Å²) in [6.45, 7) is 2.58. The Morgan fingerprint density at radius 1 is 1.33 bits per heavy atom. The van der Waals surface area contributed by atoms with Crippen molar-refractivity contribution in [1.29, 1.82) is 0 Å². The molecule has 0 bridgehead atoms. The van der Waals surface area contributed by atoms with Gasteiger partial charge in [-0.05, 0) is 47.0 Å². The van der Waals surface area contributed by atoms with Gasteiger partial charge in [-0.1, -0.05) is 17.7 Å². The first-order valence-corrected chi connectivity index (χ1v) is 7.41. The fraction of sp³-hybridized carbons (Fsp3) is 0.250. The van der Waals surface area contributed by atoms with Crippen molar-refractivity contribution in [2.24, 2.45) is 0 Å². The summed E-state index contributed by atoms with van der Waals surface area (Å²) < 4.78 is 6.12. The van der Waals surface area contributed by atoms with Crippen LogP contribution in [-0.2, 0) is 6.42 Å². The Hall–Kier alpha value is -1.88. The van der Waals surface area contributed by atoms with Gasteiger partial charge in [-0.2, -0.15) is 0 Å². The van der Waals surface area contributed by atoms with Crippen LogP contribution in [-0.4, -0.2) is 24.5 Å². The number of benzene rings is 1. The monoisotopic (exact) mass is 348 g/mol. The number of nitrogens with zero attached hydrogens (tertiary/aromatic N) is 1. The van der Waals surface area contributed by atoms with E-state index in [9.17, 15) is 4.79 Å². The van der Waals surface area contributed by atoms with E-state index in [0.29, 0.717) is 12.1 Å². The summed E-state index contributed by atoms with van der Waals surface area (Å²) >= 11 is 3.30. The Morgan fingerprint density at radius 2 is 2.14 bits per heavy atom. The summed E-state index contributed by atoms with van der Waals surface area (Å²) in [5, 5.41) is 2.89. The van der Waals surface area contributed by atoms with E-state index in [1.54, 1.807) is 25.6 Å². The highest BCUT2D eigenvalue weighted by Crippen LogP contribution is 2.19. The summed E-state index contributed by atoms with van der Waals surface area (Å²) in [7, 11) is 1.65. The zero-order chi connectivity index (χ0) is 15.2. The molecule has 0 saturated carbocycles. The van der Waals surface area contributed by atoms with Crippen LogP contribution in [0.4, 0.5) is 0 Å². The molecule has 0 atom stereocenters. The molecule has 21 heavy (non-hydrogen) atoms. The van der Waals surface area contributed by atoms with Crippen LogP contribution in [0.1, 0.15) is 21.5 Å². The lowest BCUT2D eigenvalue weighted by atomic mass is 10.1. The minimum absolute atomic E-state index is 0.129. The number of aromatic nitrogens is 1. The summed E-state index contributed by atoms with van der Waals surface area (Å²) in [4.78, 5) is 16.0. The Balaban J connectivity index is 1.95. The van der Waals surface area contributed by atoms with Gasteiger partial charge in [0, 0.05) is 23.4 Å². The van der Waals surface area contributed by atoms with E-state index < -0.39 is 0 Å². The minimum Gasteiger partial charge on any atom is -0.496 e. The third-order valence-corrected chi connectivity index (χ3v) is 3.52. The first kappa shape index (κ1) is 15.5. The summed E-state index contributed by atoms with van der Waals surface area (Å²) in [6.07, 6.45) is 3.92.